The van der Waals surface area contributed by atoms with Crippen LogP contribution in [0.4, 0.5) is 11.4 Å². The molecule has 0 spiro atoms. The molecule has 4 N–H and O–H groups in total. The Morgan fingerprint density at radius 2 is 1.71 bits per heavy atom. The van der Waals surface area contributed by atoms with Crippen molar-refractivity contribution in [3.63, 3.8) is 0 Å². The molecule has 7 heteroatoms. The SMILES string of the molecule is NC(=O)[C@@H](C(=O)Nc1ccc(N2CCOCC2)cc1)c1ccc(CCO)cc1. The molecular formula is C21H25N3O4. The van der Waals surface area contributed by atoms with Crippen molar-refractivity contribution in [1.82, 2.24) is 0 Å². The molecule has 148 valence electrons. The fraction of sp³-hybridized carbons (Fsp3) is 0.333. The fourth-order valence-corrected chi connectivity index (χ4v) is 3.24. The van der Waals surface area contributed by atoms with Crippen LogP contribution in [0.5, 0.6) is 0 Å². The van der Waals surface area contributed by atoms with Crippen LogP contribution in [0.3, 0.4) is 0 Å². The van der Waals surface area contributed by atoms with E-state index in [0.29, 0.717) is 30.9 Å². The first-order valence-corrected chi connectivity index (χ1v) is 9.31. The number of amides is 2. The van der Waals surface area contributed by atoms with Gasteiger partial charge in [0, 0.05) is 31.1 Å². The molecule has 0 bridgehead atoms. The van der Waals surface area contributed by atoms with Crippen LogP contribution >= 0.6 is 0 Å². The first-order chi connectivity index (χ1) is 13.6. The van der Waals surface area contributed by atoms with Gasteiger partial charge in [-0.2, -0.15) is 0 Å². The molecule has 1 heterocycles. The molecule has 2 amide bonds. The van der Waals surface area contributed by atoms with Crippen molar-refractivity contribution in [2.24, 2.45) is 5.73 Å². The van der Waals surface area contributed by atoms with E-state index in [9.17, 15) is 9.59 Å². The highest BCUT2D eigenvalue weighted by molar-refractivity contribution is 6.10. The molecule has 2 aromatic rings. The van der Waals surface area contributed by atoms with Crippen LogP contribution in [0.1, 0.15) is 17.0 Å². The van der Waals surface area contributed by atoms with Crippen LogP contribution in [0.15, 0.2) is 48.5 Å². The lowest BCUT2D eigenvalue weighted by Crippen LogP contribution is -2.36. The van der Waals surface area contributed by atoms with E-state index in [0.717, 1.165) is 24.3 Å². The van der Waals surface area contributed by atoms with Gasteiger partial charge in [0.05, 0.1) is 13.2 Å². The summed E-state index contributed by atoms with van der Waals surface area (Å²) in [5.74, 6) is -2.26. The van der Waals surface area contributed by atoms with E-state index in [1.165, 1.54) is 0 Å². The normalized spacial score (nSPS) is 15.1. The molecule has 0 radical (unpaired) electrons. The van der Waals surface area contributed by atoms with E-state index in [1.807, 2.05) is 24.3 Å². The molecule has 2 aromatic carbocycles. The molecule has 7 nitrogen and oxygen atoms in total. The van der Waals surface area contributed by atoms with E-state index in [2.05, 4.69) is 10.2 Å². The van der Waals surface area contributed by atoms with Crippen LogP contribution in [0.2, 0.25) is 0 Å². The number of benzene rings is 2. The molecule has 0 unspecified atom stereocenters. The van der Waals surface area contributed by atoms with Gasteiger partial charge in [-0.15, -0.1) is 0 Å². The molecule has 1 saturated heterocycles. The highest BCUT2D eigenvalue weighted by Gasteiger charge is 2.26. The van der Waals surface area contributed by atoms with Gasteiger partial charge in [0.25, 0.3) is 0 Å². The fourth-order valence-electron chi connectivity index (χ4n) is 3.24. The molecule has 0 aromatic heterocycles. The minimum Gasteiger partial charge on any atom is -0.396 e. The molecule has 1 atom stereocenters. The third-order valence-corrected chi connectivity index (χ3v) is 4.77. The number of hydrogen-bond acceptors (Lipinski definition) is 5. The standard InChI is InChI=1S/C21H25N3O4/c22-20(26)19(16-3-1-15(2-4-16)9-12-25)21(27)23-17-5-7-18(8-6-17)24-10-13-28-14-11-24/h1-8,19,25H,9-14H2,(H2,22,26)(H,23,27)/t19-/m0/s1. The van der Waals surface area contributed by atoms with Gasteiger partial charge in [-0.05, 0) is 41.8 Å². The maximum Gasteiger partial charge on any atom is 0.241 e. The van der Waals surface area contributed by atoms with Gasteiger partial charge in [-0.25, -0.2) is 0 Å². The summed E-state index contributed by atoms with van der Waals surface area (Å²) in [6, 6.07) is 14.4. The quantitative estimate of drug-likeness (QED) is 0.625. The van der Waals surface area contributed by atoms with Gasteiger partial charge in [0.15, 0.2) is 0 Å². The number of morpholine rings is 1. The number of ether oxygens (including phenoxy) is 1. The van der Waals surface area contributed by atoms with Gasteiger partial charge < -0.3 is 25.8 Å². The van der Waals surface area contributed by atoms with E-state index < -0.39 is 17.7 Å². The third kappa shape index (κ3) is 4.88. The molecule has 1 fully saturated rings. The van der Waals surface area contributed by atoms with Crippen molar-refractivity contribution in [2.75, 3.05) is 43.1 Å². The molecule has 0 aliphatic carbocycles. The first-order valence-electron chi connectivity index (χ1n) is 9.31. The Morgan fingerprint density at radius 3 is 2.29 bits per heavy atom. The third-order valence-electron chi connectivity index (χ3n) is 4.77. The Balaban J connectivity index is 1.69. The highest BCUT2D eigenvalue weighted by Crippen LogP contribution is 2.22. The summed E-state index contributed by atoms with van der Waals surface area (Å²) in [6.45, 7) is 3.12. The molecule has 3 rings (SSSR count). The Morgan fingerprint density at radius 1 is 1.07 bits per heavy atom. The number of carbonyl (C=O) groups excluding carboxylic acids is 2. The highest BCUT2D eigenvalue weighted by atomic mass is 16.5. The summed E-state index contributed by atoms with van der Waals surface area (Å²) in [7, 11) is 0. The van der Waals surface area contributed by atoms with Gasteiger partial charge in [-0.3, -0.25) is 9.59 Å². The number of aliphatic hydroxyl groups excluding tert-OH is 1. The summed E-state index contributed by atoms with van der Waals surface area (Å²) in [5, 5.41) is 11.8. The number of nitrogens with zero attached hydrogens (tertiary/aromatic N) is 1. The van der Waals surface area contributed by atoms with Crippen molar-refractivity contribution in [2.45, 2.75) is 12.3 Å². The number of rotatable bonds is 7. The van der Waals surface area contributed by atoms with Gasteiger partial charge >= 0.3 is 0 Å². The number of nitrogens with one attached hydrogen (secondary N) is 1. The molecule has 1 aliphatic heterocycles. The first kappa shape index (κ1) is 19.9. The van der Waals surface area contributed by atoms with Gasteiger partial charge in [-0.1, -0.05) is 24.3 Å². The molecule has 0 saturated carbocycles. The zero-order valence-electron chi connectivity index (χ0n) is 15.6. The van der Waals surface area contributed by atoms with Gasteiger partial charge in [0.2, 0.25) is 11.8 Å². The van der Waals surface area contributed by atoms with E-state index in [-0.39, 0.29) is 6.61 Å². The number of carbonyl (C=O) groups is 2. The topological polar surface area (TPSA) is 105 Å². The van der Waals surface area contributed by atoms with Crippen LogP contribution < -0.4 is 16.0 Å². The average Bonchev–Trinajstić information content (AvgIpc) is 2.71. The van der Waals surface area contributed by atoms with Crippen LogP contribution in [-0.2, 0) is 20.7 Å². The number of aliphatic hydroxyl groups is 1. The molecule has 1 aliphatic rings. The number of hydrogen-bond donors (Lipinski definition) is 3. The summed E-state index contributed by atoms with van der Waals surface area (Å²) in [5.41, 5.74) is 8.60. The summed E-state index contributed by atoms with van der Waals surface area (Å²) in [4.78, 5) is 26.8. The lowest BCUT2D eigenvalue weighted by molar-refractivity contribution is -0.127. The van der Waals surface area contributed by atoms with E-state index in [4.69, 9.17) is 15.6 Å². The van der Waals surface area contributed by atoms with Gasteiger partial charge in [0.1, 0.15) is 5.92 Å². The predicted molar refractivity (Wildman–Crippen MR) is 107 cm³/mol. The summed E-state index contributed by atoms with van der Waals surface area (Å²) in [6.07, 6.45) is 0.517. The second kappa shape index (κ2) is 9.34. The maximum atomic E-state index is 12.7. The van der Waals surface area contributed by atoms with Crippen LogP contribution in [-0.4, -0.2) is 49.8 Å². The zero-order chi connectivity index (χ0) is 19.9. The number of primary amides is 1. The Kier molecular flexibility index (Phi) is 6.62. The average molecular weight is 383 g/mol. The molecule has 28 heavy (non-hydrogen) atoms. The van der Waals surface area contributed by atoms with Crippen molar-refractivity contribution in [1.29, 1.82) is 0 Å². The smallest absolute Gasteiger partial charge is 0.241 e. The van der Waals surface area contributed by atoms with Crippen molar-refractivity contribution < 1.29 is 19.4 Å². The van der Waals surface area contributed by atoms with Crippen molar-refractivity contribution in [3.05, 3.63) is 59.7 Å². The minimum atomic E-state index is -1.08. The summed E-state index contributed by atoms with van der Waals surface area (Å²) < 4.78 is 5.35. The van der Waals surface area contributed by atoms with E-state index in [1.54, 1.807) is 24.3 Å². The predicted octanol–water partition coefficient (Wildman–Crippen LogP) is 1.27. The monoisotopic (exact) mass is 383 g/mol. The van der Waals surface area contributed by atoms with Crippen molar-refractivity contribution in [3.8, 4) is 0 Å². The number of nitrogens with two attached hydrogens (primary N) is 1. The Labute approximate surface area is 164 Å². The Hall–Kier alpha value is -2.90. The second-order valence-corrected chi connectivity index (χ2v) is 6.69. The summed E-state index contributed by atoms with van der Waals surface area (Å²) >= 11 is 0. The maximum absolute atomic E-state index is 12.7. The largest absolute Gasteiger partial charge is 0.396 e. The number of anilines is 2. The van der Waals surface area contributed by atoms with Crippen LogP contribution in [0.25, 0.3) is 0 Å². The van der Waals surface area contributed by atoms with Crippen LogP contribution in [0, 0.1) is 0 Å². The van der Waals surface area contributed by atoms with Crippen molar-refractivity contribution >= 4 is 23.2 Å². The lowest BCUT2D eigenvalue weighted by Gasteiger charge is -2.29. The molecular weight excluding hydrogens is 358 g/mol. The second-order valence-electron chi connectivity index (χ2n) is 6.69. The lowest BCUT2D eigenvalue weighted by atomic mass is 9.96. The Bertz CT molecular complexity index is 799. The zero-order valence-corrected chi connectivity index (χ0v) is 15.6. The minimum absolute atomic E-state index is 0.0412. The van der Waals surface area contributed by atoms with E-state index >= 15 is 0 Å².